The van der Waals surface area contributed by atoms with E-state index in [0.29, 0.717) is 0 Å². The number of anilines is 1. The smallest absolute Gasteiger partial charge is 0.156 e. The second kappa shape index (κ2) is 7.40. The molecular formula is C23H29ClN4. The zero-order chi connectivity index (χ0) is 20.0. The molecule has 2 heterocycles. The van der Waals surface area contributed by atoms with E-state index in [9.17, 15) is 0 Å². The highest BCUT2D eigenvalue weighted by Gasteiger charge is 2.28. The largest absolute Gasteiger partial charge is 0.355 e. The molecule has 0 saturated heterocycles. The highest BCUT2D eigenvalue weighted by molar-refractivity contribution is 6.35. The van der Waals surface area contributed by atoms with Gasteiger partial charge < -0.3 is 9.47 Å². The Morgan fingerprint density at radius 2 is 1.79 bits per heavy atom. The van der Waals surface area contributed by atoms with Gasteiger partial charge in [0, 0.05) is 25.7 Å². The van der Waals surface area contributed by atoms with Crippen LogP contribution in [0.15, 0.2) is 18.5 Å². The minimum Gasteiger partial charge on any atom is -0.355 e. The van der Waals surface area contributed by atoms with Crippen LogP contribution in [0.5, 0.6) is 0 Å². The van der Waals surface area contributed by atoms with Crippen molar-refractivity contribution in [2.45, 2.75) is 47.0 Å². The summed E-state index contributed by atoms with van der Waals surface area (Å²) in [6.07, 6.45) is 5.45. The summed E-state index contributed by atoms with van der Waals surface area (Å²) in [5, 5.41) is 0.731. The van der Waals surface area contributed by atoms with Crippen LogP contribution < -0.4 is 4.90 Å². The summed E-state index contributed by atoms with van der Waals surface area (Å²) in [7, 11) is 2.03. The first-order valence-corrected chi connectivity index (χ1v) is 10.6. The van der Waals surface area contributed by atoms with Crippen molar-refractivity contribution >= 4 is 28.5 Å². The van der Waals surface area contributed by atoms with Crippen LogP contribution in [0.2, 0.25) is 5.15 Å². The average molecular weight is 397 g/mol. The zero-order valence-corrected chi connectivity index (χ0v) is 18.3. The molecule has 1 aliphatic carbocycles. The van der Waals surface area contributed by atoms with Gasteiger partial charge in [-0.3, -0.25) is 0 Å². The maximum Gasteiger partial charge on any atom is 0.156 e. The Morgan fingerprint density at radius 3 is 2.39 bits per heavy atom. The Kier molecular flexibility index (Phi) is 5.09. The number of halogens is 1. The molecule has 0 spiro atoms. The fourth-order valence-electron chi connectivity index (χ4n) is 4.42. The topological polar surface area (TPSA) is 34.0 Å². The van der Waals surface area contributed by atoms with Gasteiger partial charge in [-0.2, -0.15) is 0 Å². The Bertz CT molecular complexity index is 1010. The van der Waals surface area contributed by atoms with E-state index < -0.39 is 0 Å². The summed E-state index contributed by atoms with van der Waals surface area (Å²) in [4.78, 5) is 11.8. The van der Waals surface area contributed by atoms with Crippen molar-refractivity contribution in [2.75, 3.05) is 18.0 Å². The molecule has 148 valence electrons. The van der Waals surface area contributed by atoms with Crippen molar-refractivity contribution in [1.82, 2.24) is 14.5 Å². The Labute approximate surface area is 172 Å². The lowest BCUT2D eigenvalue weighted by molar-refractivity contribution is 0.699. The molecule has 0 N–H and O–H groups in total. The zero-order valence-electron chi connectivity index (χ0n) is 17.5. The highest BCUT2D eigenvalue weighted by Crippen LogP contribution is 2.42. The average Bonchev–Trinajstić information content (AvgIpc) is 3.42. The molecule has 5 heteroatoms. The van der Waals surface area contributed by atoms with Crippen LogP contribution in [0.25, 0.3) is 22.2 Å². The maximum absolute atomic E-state index is 6.90. The number of rotatable bonds is 6. The van der Waals surface area contributed by atoms with Crippen LogP contribution in [0.1, 0.15) is 42.9 Å². The molecule has 0 radical (unpaired) electrons. The molecule has 1 aliphatic rings. The van der Waals surface area contributed by atoms with Crippen molar-refractivity contribution < 1.29 is 0 Å². The van der Waals surface area contributed by atoms with Gasteiger partial charge in [-0.1, -0.05) is 36.2 Å². The predicted octanol–water partition coefficient (Wildman–Crippen LogP) is 5.84. The van der Waals surface area contributed by atoms with Gasteiger partial charge in [-0.05, 0) is 62.6 Å². The number of hydrogen-bond acceptors (Lipinski definition) is 3. The third-order valence-electron chi connectivity index (χ3n) is 5.77. The third kappa shape index (κ3) is 3.28. The minimum atomic E-state index is 0.731. The van der Waals surface area contributed by atoms with E-state index in [1.54, 1.807) is 6.33 Å². The molecule has 1 aromatic carbocycles. The van der Waals surface area contributed by atoms with E-state index in [2.05, 4.69) is 49.3 Å². The lowest BCUT2D eigenvalue weighted by atomic mass is 9.95. The molecular weight excluding hydrogens is 368 g/mol. The lowest BCUT2D eigenvalue weighted by Gasteiger charge is -2.24. The van der Waals surface area contributed by atoms with E-state index in [1.807, 2.05) is 7.05 Å². The number of nitrogens with zero attached hydrogens (tertiary/aromatic N) is 4. The van der Waals surface area contributed by atoms with Crippen LogP contribution >= 0.6 is 11.6 Å². The van der Waals surface area contributed by atoms with Crippen molar-refractivity contribution in [3.05, 3.63) is 40.3 Å². The van der Waals surface area contributed by atoms with Gasteiger partial charge in [0.15, 0.2) is 5.82 Å². The minimum absolute atomic E-state index is 0.731. The van der Waals surface area contributed by atoms with Crippen molar-refractivity contribution in [3.8, 4) is 11.1 Å². The van der Waals surface area contributed by atoms with Gasteiger partial charge in [0.2, 0.25) is 0 Å². The molecule has 0 atom stereocenters. The first kappa shape index (κ1) is 19.3. The normalized spacial score (nSPS) is 14.1. The number of fused-ring (bicyclic) bond motifs is 1. The van der Waals surface area contributed by atoms with Crippen molar-refractivity contribution in [2.24, 2.45) is 13.0 Å². The van der Waals surface area contributed by atoms with Crippen LogP contribution in [0, 0.1) is 26.7 Å². The fraction of sp³-hybridized carbons (Fsp3) is 0.478. The standard InChI is InChI=1S/C23H29ClN4/c1-6-9-28(12-17-7-8-17)23-21-20(25-13-26-23)19(22(24)27(21)5)18-15(3)10-14(2)11-16(18)4/h10-11,13,17H,6-9,12H2,1-5H3. The Hall–Kier alpha value is -2.07. The molecule has 0 aliphatic heterocycles. The van der Waals surface area contributed by atoms with Crippen LogP contribution in [0.4, 0.5) is 5.82 Å². The van der Waals surface area contributed by atoms with E-state index >= 15 is 0 Å². The fourth-order valence-corrected chi connectivity index (χ4v) is 4.69. The third-order valence-corrected chi connectivity index (χ3v) is 6.21. The summed E-state index contributed by atoms with van der Waals surface area (Å²) in [5.74, 6) is 1.81. The van der Waals surface area contributed by atoms with Gasteiger partial charge in [0.25, 0.3) is 0 Å². The second-order valence-electron chi connectivity index (χ2n) is 8.28. The molecule has 1 fully saturated rings. The molecule has 0 bridgehead atoms. The summed E-state index contributed by atoms with van der Waals surface area (Å²) >= 11 is 6.90. The molecule has 0 amide bonds. The van der Waals surface area contributed by atoms with Gasteiger partial charge in [0.1, 0.15) is 22.5 Å². The molecule has 2 aromatic heterocycles. The van der Waals surface area contributed by atoms with Crippen molar-refractivity contribution in [1.29, 1.82) is 0 Å². The van der Waals surface area contributed by atoms with Gasteiger partial charge in [-0.15, -0.1) is 0 Å². The molecule has 4 nitrogen and oxygen atoms in total. The van der Waals surface area contributed by atoms with E-state index in [4.69, 9.17) is 21.6 Å². The Balaban J connectivity index is 1.95. The summed E-state index contributed by atoms with van der Waals surface area (Å²) in [6.45, 7) is 10.7. The van der Waals surface area contributed by atoms with Crippen LogP contribution in [0.3, 0.4) is 0 Å². The van der Waals surface area contributed by atoms with E-state index in [0.717, 1.165) is 53.0 Å². The molecule has 3 aromatic rings. The Morgan fingerprint density at radius 1 is 1.11 bits per heavy atom. The van der Waals surface area contributed by atoms with Gasteiger partial charge in [-0.25, -0.2) is 9.97 Å². The van der Waals surface area contributed by atoms with Crippen LogP contribution in [-0.2, 0) is 7.05 Å². The predicted molar refractivity (Wildman–Crippen MR) is 118 cm³/mol. The molecule has 28 heavy (non-hydrogen) atoms. The molecule has 0 unspecified atom stereocenters. The van der Waals surface area contributed by atoms with Crippen LogP contribution in [-0.4, -0.2) is 27.6 Å². The molecule has 1 saturated carbocycles. The SMILES string of the molecule is CCCN(CC1CC1)c1ncnc2c(-c3c(C)cc(C)cc3C)c(Cl)n(C)c12. The maximum atomic E-state index is 6.90. The monoisotopic (exact) mass is 396 g/mol. The second-order valence-corrected chi connectivity index (χ2v) is 8.64. The van der Waals surface area contributed by atoms with Gasteiger partial charge >= 0.3 is 0 Å². The van der Waals surface area contributed by atoms with Crippen molar-refractivity contribution in [3.63, 3.8) is 0 Å². The summed E-state index contributed by atoms with van der Waals surface area (Å²) in [6, 6.07) is 4.44. The summed E-state index contributed by atoms with van der Waals surface area (Å²) in [5.41, 5.74) is 7.94. The number of hydrogen-bond donors (Lipinski definition) is 0. The van der Waals surface area contributed by atoms with E-state index in [1.165, 1.54) is 35.1 Å². The quantitative estimate of drug-likeness (QED) is 0.524. The molecule has 4 rings (SSSR count). The first-order chi connectivity index (χ1) is 13.4. The number of aryl methyl sites for hydroxylation is 4. The number of benzene rings is 1. The summed E-state index contributed by atoms with van der Waals surface area (Å²) < 4.78 is 2.07. The van der Waals surface area contributed by atoms with Gasteiger partial charge in [0.05, 0.1) is 0 Å². The highest BCUT2D eigenvalue weighted by atomic mass is 35.5. The number of aromatic nitrogens is 3. The first-order valence-electron chi connectivity index (χ1n) is 10.2. The lowest BCUT2D eigenvalue weighted by Crippen LogP contribution is -2.28. The van der Waals surface area contributed by atoms with E-state index in [-0.39, 0.29) is 0 Å².